The minimum Gasteiger partial charge on any atom is -0.493 e. The predicted octanol–water partition coefficient (Wildman–Crippen LogP) is 5.88. The molecule has 0 saturated carbocycles. The third kappa shape index (κ3) is 5.50. The maximum absolute atomic E-state index is 13.5. The van der Waals surface area contributed by atoms with Crippen LogP contribution in [0, 0.1) is 22.9 Å². The fraction of sp³-hybridized carbons (Fsp3) is 0.0833. The highest BCUT2D eigenvalue weighted by molar-refractivity contribution is 8.27. The van der Waals surface area contributed by atoms with Crippen LogP contribution in [-0.4, -0.2) is 30.7 Å². The van der Waals surface area contributed by atoms with Gasteiger partial charge in [0.2, 0.25) is 0 Å². The standard InChI is InChI=1S/C24H16ClFN2O7S3/c1-13-3-6-16(12-19(13)28(30)31)38(32,33)35-20-8-4-14(9-21(20)34-2)10-22-23(29)27(24(36)37-22)15-5-7-18(26)17(25)11-15/h3-12H,1-2H3/b22-10-. The number of aryl methyl sites for hydroxylation is 1. The number of nitro groups is 1. The number of thioether (sulfide) groups is 1. The molecule has 0 spiro atoms. The fourth-order valence-corrected chi connectivity index (χ4v) is 5.85. The van der Waals surface area contributed by atoms with Gasteiger partial charge in [0.1, 0.15) is 10.7 Å². The molecular formula is C24H16ClFN2O7S3. The van der Waals surface area contributed by atoms with Gasteiger partial charge in [-0.05, 0) is 55.0 Å². The third-order valence-electron chi connectivity index (χ3n) is 5.31. The number of rotatable bonds is 7. The van der Waals surface area contributed by atoms with Crippen LogP contribution in [0.15, 0.2) is 64.4 Å². The molecule has 1 saturated heterocycles. The van der Waals surface area contributed by atoms with Crippen LogP contribution in [-0.2, 0) is 14.9 Å². The van der Waals surface area contributed by atoms with Crippen molar-refractivity contribution in [2.75, 3.05) is 12.0 Å². The zero-order valence-electron chi connectivity index (χ0n) is 19.5. The largest absolute Gasteiger partial charge is 0.493 e. The molecule has 3 aromatic rings. The van der Waals surface area contributed by atoms with Gasteiger partial charge in [0.25, 0.3) is 11.6 Å². The summed E-state index contributed by atoms with van der Waals surface area (Å²) in [5.74, 6) is -1.22. The lowest BCUT2D eigenvalue weighted by atomic mass is 10.2. The number of thiocarbonyl (C=S) groups is 1. The summed E-state index contributed by atoms with van der Waals surface area (Å²) >= 11 is 12.2. The number of hydrogen-bond donors (Lipinski definition) is 0. The first kappa shape index (κ1) is 27.5. The van der Waals surface area contributed by atoms with Crippen molar-refractivity contribution in [3.05, 3.63) is 91.6 Å². The summed E-state index contributed by atoms with van der Waals surface area (Å²) in [4.78, 5) is 24.6. The Morgan fingerprint density at radius 1 is 1.13 bits per heavy atom. The molecule has 1 heterocycles. The van der Waals surface area contributed by atoms with E-state index in [-0.39, 0.29) is 31.4 Å². The van der Waals surface area contributed by atoms with Crippen molar-refractivity contribution >= 4 is 73.4 Å². The van der Waals surface area contributed by atoms with E-state index in [1.54, 1.807) is 0 Å². The first-order valence-corrected chi connectivity index (χ1v) is 13.5. The molecule has 1 amide bonds. The van der Waals surface area contributed by atoms with Crippen LogP contribution in [0.5, 0.6) is 11.5 Å². The summed E-state index contributed by atoms with van der Waals surface area (Å²) in [6.45, 7) is 1.49. The van der Waals surface area contributed by atoms with Crippen LogP contribution in [0.25, 0.3) is 6.08 Å². The van der Waals surface area contributed by atoms with E-state index in [1.807, 2.05) is 0 Å². The Morgan fingerprint density at radius 2 is 1.87 bits per heavy atom. The number of nitrogens with zero attached hydrogens (tertiary/aromatic N) is 2. The number of anilines is 1. The van der Waals surface area contributed by atoms with Gasteiger partial charge < -0.3 is 8.92 Å². The second kappa shape index (κ2) is 10.7. The first-order valence-electron chi connectivity index (χ1n) is 10.5. The lowest BCUT2D eigenvalue weighted by Gasteiger charge is -2.14. The van der Waals surface area contributed by atoms with Crippen LogP contribution in [0.4, 0.5) is 15.8 Å². The molecule has 4 rings (SSSR count). The molecule has 0 aliphatic carbocycles. The maximum atomic E-state index is 13.5. The Bertz CT molecular complexity index is 1640. The molecule has 0 N–H and O–H groups in total. The molecule has 0 bridgehead atoms. The molecule has 3 aromatic carbocycles. The number of nitro benzene ring substituents is 1. The normalized spacial score (nSPS) is 14.7. The number of amides is 1. The molecule has 196 valence electrons. The topological polar surface area (TPSA) is 116 Å². The van der Waals surface area contributed by atoms with Crippen molar-refractivity contribution < 1.29 is 31.4 Å². The zero-order chi connectivity index (χ0) is 27.8. The highest BCUT2D eigenvalue weighted by Crippen LogP contribution is 2.38. The summed E-state index contributed by atoms with van der Waals surface area (Å²) in [7, 11) is -3.14. The lowest BCUT2D eigenvalue weighted by Crippen LogP contribution is -2.27. The Hall–Kier alpha value is -3.52. The van der Waals surface area contributed by atoms with Crippen molar-refractivity contribution in [2.24, 2.45) is 0 Å². The highest BCUT2D eigenvalue weighted by Gasteiger charge is 2.33. The van der Waals surface area contributed by atoms with Gasteiger partial charge in [-0.15, -0.1) is 0 Å². The molecule has 1 aliphatic rings. The van der Waals surface area contributed by atoms with E-state index in [2.05, 4.69) is 0 Å². The monoisotopic (exact) mass is 594 g/mol. The Labute approximate surface area is 231 Å². The van der Waals surface area contributed by atoms with Crippen LogP contribution in [0.3, 0.4) is 0 Å². The van der Waals surface area contributed by atoms with Crippen molar-refractivity contribution in [3.63, 3.8) is 0 Å². The third-order valence-corrected chi connectivity index (χ3v) is 8.13. The molecule has 14 heteroatoms. The van der Waals surface area contributed by atoms with E-state index in [0.717, 1.165) is 23.9 Å². The highest BCUT2D eigenvalue weighted by atomic mass is 35.5. The number of benzene rings is 3. The predicted molar refractivity (Wildman–Crippen MR) is 146 cm³/mol. The van der Waals surface area contributed by atoms with Gasteiger partial charge in [0.05, 0.1) is 27.6 Å². The number of ether oxygens (including phenoxy) is 1. The summed E-state index contributed by atoms with van der Waals surface area (Å²) in [6, 6.07) is 11.5. The van der Waals surface area contributed by atoms with Crippen LogP contribution in [0.2, 0.25) is 5.02 Å². The number of carbonyl (C=O) groups is 1. The van der Waals surface area contributed by atoms with Gasteiger partial charge in [-0.3, -0.25) is 19.8 Å². The van der Waals surface area contributed by atoms with Gasteiger partial charge in [-0.1, -0.05) is 47.7 Å². The minimum absolute atomic E-state index is 0.0322. The first-order chi connectivity index (χ1) is 17.9. The van der Waals surface area contributed by atoms with E-state index >= 15 is 0 Å². The lowest BCUT2D eigenvalue weighted by molar-refractivity contribution is -0.385. The second-order valence-corrected chi connectivity index (χ2v) is 11.4. The van der Waals surface area contributed by atoms with Gasteiger partial charge >= 0.3 is 10.1 Å². The summed E-state index contributed by atoms with van der Waals surface area (Å²) in [6.07, 6.45) is 1.52. The number of carbonyl (C=O) groups excluding carboxylic acids is 1. The Balaban J connectivity index is 1.61. The van der Waals surface area contributed by atoms with E-state index in [1.165, 1.54) is 67.5 Å². The van der Waals surface area contributed by atoms with E-state index in [4.69, 9.17) is 32.7 Å². The van der Waals surface area contributed by atoms with Gasteiger partial charge in [0.15, 0.2) is 15.8 Å². The molecule has 1 fully saturated rings. The number of hydrogen-bond acceptors (Lipinski definition) is 9. The molecule has 38 heavy (non-hydrogen) atoms. The van der Waals surface area contributed by atoms with Crippen molar-refractivity contribution in [2.45, 2.75) is 11.8 Å². The smallest absolute Gasteiger partial charge is 0.339 e. The number of halogens is 2. The fourth-order valence-electron chi connectivity index (χ4n) is 3.42. The second-order valence-electron chi connectivity index (χ2n) is 7.77. The van der Waals surface area contributed by atoms with Crippen LogP contribution in [0.1, 0.15) is 11.1 Å². The Morgan fingerprint density at radius 3 is 2.53 bits per heavy atom. The van der Waals surface area contributed by atoms with E-state index in [0.29, 0.717) is 16.8 Å². The zero-order valence-corrected chi connectivity index (χ0v) is 22.7. The van der Waals surface area contributed by atoms with Crippen LogP contribution >= 0.6 is 35.6 Å². The van der Waals surface area contributed by atoms with Gasteiger partial charge in [0, 0.05) is 11.6 Å². The molecule has 0 unspecified atom stereocenters. The van der Waals surface area contributed by atoms with Crippen molar-refractivity contribution in [1.82, 2.24) is 0 Å². The minimum atomic E-state index is -4.43. The summed E-state index contributed by atoms with van der Waals surface area (Å²) in [5, 5.41) is 11.0. The molecule has 0 radical (unpaired) electrons. The average molecular weight is 595 g/mol. The summed E-state index contributed by atoms with van der Waals surface area (Å²) in [5.41, 5.74) is 0.710. The van der Waals surface area contributed by atoms with Gasteiger partial charge in [-0.2, -0.15) is 8.42 Å². The van der Waals surface area contributed by atoms with Crippen LogP contribution < -0.4 is 13.8 Å². The van der Waals surface area contributed by atoms with Crippen molar-refractivity contribution in [1.29, 1.82) is 0 Å². The average Bonchev–Trinajstić information content (AvgIpc) is 3.14. The Kier molecular flexibility index (Phi) is 7.74. The summed E-state index contributed by atoms with van der Waals surface area (Å²) < 4.78 is 49.8. The SMILES string of the molecule is COc1cc(/C=C2\SC(=S)N(c3ccc(F)c(Cl)c3)C2=O)ccc1OS(=O)(=O)c1ccc(C)c([N+](=O)[O-])c1. The molecular weight excluding hydrogens is 579 g/mol. The molecule has 9 nitrogen and oxygen atoms in total. The molecule has 0 aromatic heterocycles. The number of methoxy groups -OCH3 is 1. The van der Waals surface area contributed by atoms with Gasteiger partial charge in [-0.25, -0.2) is 4.39 Å². The maximum Gasteiger partial charge on any atom is 0.339 e. The van der Waals surface area contributed by atoms with E-state index < -0.39 is 31.7 Å². The van der Waals surface area contributed by atoms with E-state index in [9.17, 15) is 27.7 Å². The molecule has 1 aliphatic heterocycles. The quantitative estimate of drug-likeness (QED) is 0.109. The van der Waals surface area contributed by atoms with Crippen molar-refractivity contribution in [3.8, 4) is 11.5 Å². The molecule has 0 atom stereocenters.